The molecule has 2 aromatic heterocycles. The monoisotopic (exact) mass is 325 g/mol. The molecule has 0 radical (unpaired) electrons. The molecule has 118 valence electrons. The molecular formula is C19H19NO2S. The van der Waals surface area contributed by atoms with Crippen molar-refractivity contribution in [2.75, 3.05) is 0 Å². The average molecular weight is 325 g/mol. The number of furan rings is 1. The molecule has 3 nitrogen and oxygen atoms in total. The molecule has 1 atom stereocenters. The number of carbonyl (C=O) groups is 1. The van der Waals surface area contributed by atoms with E-state index in [9.17, 15) is 4.79 Å². The maximum atomic E-state index is 12.3. The Morgan fingerprint density at radius 2 is 2.17 bits per heavy atom. The number of carbonyl (C=O) groups excluding carboxylic acids is 1. The Morgan fingerprint density at radius 3 is 2.96 bits per heavy atom. The molecule has 1 aliphatic carbocycles. The number of amides is 1. The van der Waals surface area contributed by atoms with Gasteiger partial charge in [0.1, 0.15) is 5.58 Å². The van der Waals surface area contributed by atoms with Gasteiger partial charge >= 0.3 is 0 Å². The fourth-order valence-corrected chi connectivity index (χ4v) is 4.09. The molecule has 0 bridgehead atoms. The summed E-state index contributed by atoms with van der Waals surface area (Å²) in [5.74, 6) is 0.0362. The largest absolute Gasteiger partial charge is 0.464 e. The summed E-state index contributed by atoms with van der Waals surface area (Å²) >= 11 is 1.66. The van der Waals surface area contributed by atoms with E-state index in [2.05, 4.69) is 17.4 Å². The second-order valence-corrected chi connectivity index (χ2v) is 7.19. The van der Waals surface area contributed by atoms with Crippen LogP contribution in [0.1, 0.15) is 41.0 Å². The highest BCUT2D eigenvalue weighted by Gasteiger charge is 2.17. The van der Waals surface area contributed by atoms with E-state index in [1.165, 1.54) is 22.4 Å². The Bertz CT molecular complexity index is 848. The second kappa shape index (κ2) is 5.85. The number of thiophene rings is 1. The first-order valence-corrected chi connectivity index (χ1v) is 8.93. The Kier molecular flexibility index (Phi) is 3.69. The molecule has 1 aliphatic rings. The lowest BCUT2D eigenvalue weighted by Crippen LogP contribution is -2.27. The average Bonchev–Trinajstić information content (AvgIpc) is 3.26. The predicted molar refractivity (Wildman–Crippen MR) is 92.8 cm³/mol. The summed E-state index contributed by atoms with van der Waals surface area (Å²) in [6, 6.07) is 8.46. The second-order valence-electron chi connectivity index (χ2n) is 6.21. The van der Waals surface area contributed by atoms with E-state index in [1.807, 2.05) is 24.4 Å². The Balaban J connectivity index is 1.52. The lowest BCUT2D eigenvalue weighted by atomic mass is 10.0. The lowest BCUT2D eigenvalue weighted by Gasteiger charge is -2.11. The zero-order chi connectivity index (χ0) is 15.8. The Labute approximate surface area is 139 Å². The smallest absolute Gasteiger partial charge is 0.225 e. The Hall–Kier alpha value is -2.07. The third kappa shape index (κ3) is 2.79. The van der Waals surface area contributed by atoms with Gasteiger partial charge in [-0.1, -0.05) is 6.07 Å². The number of aryl methyl sites for hydroxylation is 2. The van der Waals surface area contributed by atoms with Gasteiger partial charge in [-0.05, 0) is 60.9 Å². The van der Waals surface area contributed by atoms with E-state index < -0.39 is 0 Å². The van der Waals surface area contributed by atoms with Crippen LogP contribution in [0.4, 0.5) is 0 Å². The van der Waals surface area contributed by atoms with Crippen LogP contribution in [-0.2, 0) is 24.1 Å². The molecule has 1 unspecified atom stereocenters. The van der Waals surface area contributed by atoms with Crippen molar-refractivity contribution < 1.29 is 9.21 Å². The molecule has 0 fully saturated rings. The van der Waals surface area contributed by atoms with Crippen LogP contribution in [0.2, 0.25) is 0 Å². The fraction of sp³-hybridized carbons (Fsp3) is 0.316. The van der Waals surface area contributed by atoms with Crippen LogP contribution < -0.4 is 5.32 Å². The highest BCUT2D eigenvalue weighted by molar-refractivity contribution is 7.10. The maximum Gasteiger partial charge on any atom is 0.225 e. The highest BCUT2D eigenvalue weighted by atomic mass is 32.1. The summed E-state index contributed by atoms with van der Waals surface area (Å²) < 4.78 is 5.67. The molecule has 4 heteroatoms. The van der Waals surface area contributed by atoms with E-state index in [4.69, 9.17) is 4.42 Å². The van der Waals surface area contributed by atoms with Crippen LogP contribution in [0.25, 0.3) is 11.0 Å². The van der Waals surface area contributed by atoms with Gasteiger partial charge in [-0.15, -0.1) is 11.3 Å². The summed E-state index contributed by atoms with van der Waals surface area (Å²) in [5.41, 5.74) is 4.69. The van der Waals surface area contributed by atoms with Crippen molar-refractivity contribution in [3.8, 4) is 0 Å². The van der Waals surface area contributed by atoms with Crippen molar-refractivity contribution in [3.05, 3.63) is 57.5 Å². The van der Waals surface area contributed by atoms with Crippen molar-refractivity contribution >= 4 is 28.2 Å². The van der Waals surface area contributed by atoms with Gasteiger partial charge in [0.25, 0.3) is 0 Å². The zero-order valence-electron chi connectivity index (χ0n) is 13.1. The summed E-state index contributed by atoms with van der Waals surface area (Å²) in [6.45, 7) is 2.02. The molecule has 4 rings (SSSR count). The number of fused-ring (bicyclic) bond motifs is 2. The number of benzene rings is 1. The van der Waals surface area contributed by atoms with Gasteiger partial charge < -0.3 is 9.73 Å². The number of rotatable bonds is 4. The minimum Gasteiger partial charge on any atom is -0.464 e. The molecule has 0 spiro atoms. The first kappa shape index (κ1) is 14.5. The van der Waals surface area contributed by atoms with Crippen molar-refractivity contribution in [2.45, 2.75) is 38.6 Å². The fourth-order valence-electron chi connectivity index (χ4n) is 3.36. The quantitative estimate of drug-likeness (QED) is 0.772. The Morgan fingerprint density at radius 1 is 1.35 bits per heavy atom. The van der Waals surface area contributed by atoms with Gasteiger partial charge in [-0.2, -0.15) is 0 Å². The van der Waals surface area contributed by atoms with Crippen LogP contribution in [0, 0.1) is 0 Å². The first-order valence-electron chi connectivity index (χ1n) is 8.05. The van der Waals surface area contributed by atoms with Crippen LogP contribution in [0.5, 0.6) is 0 Å². The van der Waals surface area contributed by atoms with Gasteiger partial charge in [0, 0.05) is 15.8 Å². The van der Waals surface area contributed by atoms with Crippen LogP contribution >= 0.6 is 11.3 Å². The molecular weight excluding hydrogens is 306 g/mol. The molecule has 23 heavy (non-hydrogen) atoms. The van der Waals surface area contributed by atoms with E-state index in [0.717, 1.165) is 29.4 Å². The molecule has 0 aliphatic heterocycles. The van der Waals surface area contributed by atoms with Gasteiger partial charge in [-0.25, -0.2) is 0 Å². The van der Waals surface area contributed by atoms with Crippen LogP contribution in [0.15, 0.2) is 40.3 Å². The van der Waals surface area contributed by atoms with E-state index in [-0.39, 0.29) is 11.9 Å². The summed E-state index contributed by atoms with van der Waals surface area (Å²) in [4.78, 5) is 13.5. The van der Waals surface area contributed by atoms with E-state index >= 15 is 0 Å². The van der Waals surface area contributed by atoms with Gasteiger partial charge in [0.2, 0.25) is 5.91 Å². The molecule has 1 N–H and O–H groups in total. The maximum absolute atomic E-state index is 12.3. The first-order chi connectivity index (χ1) is 11.2. The number of hydrogen-bond donors (Lipinski definition) is 1. The standard InChI is InChI=1S/C19H19NO2S/c1-12(18-6-3-7-23-18)20-19(21)10-15-11-22-17-9-14-5-2-4-13(14)8-16(15)17/h3,6-9,11-12H,2,4-5,10H2,1H3,(H,20,21). The van der Waals surface area contributed by atoms with Crippen molar-refractivity contribution in [2.24, 2.45) is 0 Å². The molecule has 2 heterocycles. The van der Waals surface area contributed by atoms with Gasteiger partial charge in [0.05, 0.1) is 18.7 Å². The van der Waals surface area contributed by atoms with Crippen LogP contribution in [0.3, 0.4) is 0 Å². The SMILES string of the molecule is CC(NC(=O)Cc1coc2cc3c(cc12)CCC3)c1cccs1. The topological polar surface area (TPSA) is 42.2 Å². The van der Waals surface area contributed by atoms with Gasteiger partial charge in [-0.3, -0.25) is 4.79 Å². The van der Waals surface area contributed by atoms with Gasteiger partial charge in [0.15, 0.2) is 0 Å². The number of hydrogen-bond acceptors (Lipinski definition) is 3. The number of nitrogens with one attached hydrogen (secondary N) is 1. The summed E-state index contributed by atoms with van der Waals surface area (Å²) in [6.07, 6.45) is 5.59. The molecule has 0 saturated carbocycles. The van der Waals surface area contributed by atoms with E-state index in [1.54, 1.807) is 17.6 Å². The van der Waals surface area contributed by atoms with Crippen molar-refractivity contribution in [1.82, 2.24) is 5.32 Å². The third-order valence-corrected chi connectivity index (χ3v) is 5.62. The van der Waals surface area contributed by atoms with E-state index in [0.29, 0.717) is 6.42 Å². The molecule has 3 aromatic rings. The summed E-state index contributed by atoms with van der Waals surface area (Å²) in [5, 5.41) is 6.18. The minimum atomic E-state index is 0.0362. The lowest BCUT2D eigenvalue weighted by molar-refractivity contribution is -0.121. The molecule has 1 amide bonds. The zero-order valence-corrected chi connectivity index (χ0v) is 13.9. The van der Waals surface area contributed by atoms with Crippen molar-refractivity contribution in [3.63, 3.8) is 0 Å². The molecule has 0 saturated heterocycles. The summed E-state index contributed by atoms with van der Waals surface area (Å²) in [7, 11) is 0. The normalized spacial score (nSPS) is 14.8. The highest BCUT2D eigenvalue weighted by Crippen LogP contribution is 2.30. The minimum absolute atomic E-state index is 0.0362. The third-order valence-electron chi connectivity index (χ3n) is 4.57. The predicted octanol–water partition coefficient (Wildman–Crippen LogP) is 4.40. The molecule has 1 aromatic carbocycles. The van der Waals surface area contributed by atoms with Crippen molar-refractivity contribution in [1.29, 1.82) is 0 Å². The van der Waals surface area contributed by atoms with Crippen LogP contribution in [-0.4, -0.2) is 5.91 Å².